The van der Waals surface area contributed by atoms with Crippen LogP contribution in [0.1, 0.15) is 10.4 Å². The lowest BCUT2D eigenvalue weighted by molar-refractivity contribution is 0.102. The number of pyridine rings is 1. The Morgan fingerprint density at radius 1 is 1.25 bits per heavy atom. The molecule has 0 unspecified atom stereocenters. The molecule has 20 heavy (non-hydrogen) atoms. The van der Waals surface area contributed by atoms with Crippen molar-refractivity contribution in [3.63, 3.8) is 0 Å². The third kappa shape index (κ3) is 3.51. The average molecular weight is 287 g/mol. The van der Waals surface area contributed by atoms with Crippen LogP contribution in [-0.4, -0.2) is 31.2 Å². The van der Waals surface area contributed by atoms with Crippen molar-refractivity contribution >= 4 is 29.2 Å². The minimum Gasteiger partial charge on any atom is -0.363 e. The monoisotopic (exact) mass is 287 g/mol. The number of aromatic nitrogens is 1. The molecule has 5 heteroatoms. The molecule has 2 aromatic rings. The number of rotatable bonds is 4. The van der Waals surface area contributed by atoms with E-state index >= 15 is 0 Å². The summed E-state index contributed by atoms with van der Waals surface area (Å²) in [4.78, 5) is 19.4. The summed E-state index contributed by atoms with van der Waals surface area (Å²) >= 11 is 1.64. The van der Waals surface area contributed by atoms with Gasteiger partial charge >= 0.3 is 0 Å². The number of benzene rings is 1. The second kappa shape index (κ2) is 6.43. The zero-order valence-corrected chi connectivity index (χ0v) is 12.6. The van der Waals surface area contributed by atoms with Crippen LogP contribution in [0.5, 0.6) is 0 Å². The third-order valence-corrected chi connectivity index (χ3v) is 3.52. The molecule has 0 radical (unpaired) electrons. The third-order valence-electron chi connectivity index (χ3n) is 2.80. The topological polar surface area (TPSA) is 45.2 Å². The van der Waals surface area contributed by atoms with Crippen LogP contribution in [0.3, 0.4) is 0 Å². The zero-order valence-electron chi connectivity index (χ0n) is 11.8. The Hall–Kier alpha value is -2.01. The van der Waals surface area contributed by atoms with E-state index in [-0.39, 0.29) is 5.91 Å². The van der Waals surface area contributed by atoms with Crippen molar-refractivity contribution in [1.82, 2.24) is 4.98 Å². The van der Waals surface area contributed by atoms with Gasteiger partial charge in [-0.05, 0) is 36.6 Å². The zero-order chi connectivity index (χ0) is 14.5. The predicted molar refractivity (Wildman–Crippen MR) is 84.7 cm³/mol. The minimum absolute atomic E-state index is 0.152. The molecule has 0 aliphatic carbocycles. The fourth-order valence-corrected chi connectivity index (χ4v) is 2.15. The van der Waals surface area contributed by atoms with Crippen LogP contribution in [0.2, 0.25) is 0 Å². The number of nitrogens with one attached hydrogen (secondary N) is 1. The number of anilines is 2. The van der Waals surface area contributed by atoms with Gasteiger partial charge in [0.15, 0.2) is 0 Å². The van der Waals surface area contributed by atoms with Gasteiger partial charge in [-0.25, -0.2) is 4.98 Å². The van der Waals surface area contributed by atoms with Gasteiger partial charge in [0.05, 0.1) is 5.56 Å². The van der Waals surface area contributed by atoms with Gasteiger partial charge in [-0.2, -0.15) is 0 Å². The first kappa shape index (κ1) is 14.4. The molecule has 4 nitrogen and oxygen atoms in total. The van der Waals surface area contributed by atoms with Crippen molar-refractivity contribution in [1.29, 1.82) is 0 Å². The smallest absolute Gasteiger partial charge is 0.257 e. The van der Waals surface area contributed by atoms with E-state index in [0.29, 0.717) is 5.56 Å². The summed E-state index contributed by atoms with van der Waals surface area (Å²) < 4.78 is 0. The summed E-state index contributed by atoms with van der Waals surface area (Å²) in [6.45, 7) is 0. The lowest BCUT2D eigenvalue weighted by Gasteiger charge is -2.11. The molecule has 0 saturated heterocycles. The predicted octanol–water partition coefficient (Wildman–Crippen LogP) is 3.12. The van der Waals surface area contributed by atoms with E-state index in [9.17, 15) is 4.79 Å². The number of hydrogen-bond acceptors (Lipinski definition) is 4. The molecule has 0 bridgehead atoms. The lowest BCUT2D eigenvalue weighted by atomic mass is 10.2. The fourth-order valence-electron chi connectivity index (χ4n) is 1.69. The second-order valence-corrected chi connectivity index (χ2v) is 5.37. The summed E-state index contributed by atoms with van der Waals surface area (Å²) in [6.07, 6.45) is 3.59. The standard InChI is InChI=1S/C15H17N3OS/c1-18(2)14-8-7-11(10-16-14)15(19)17-12-5-4-6-13(9-12)20-3/h4-10H,1-3H3,(H,17,19). The van der Waals surface area contributed by atoms with E-state index in [1.807, 2.05) is 55.6 Å². The van der Waals surface area contributed by atoms with Crippen molar-refractivity contribution in [2.45, 2.75) is 4.90 Å². The maximum absolute atomic E-state index is 12.1. The minimum atomic E-state index is -0.152. The largest absolute Gasteiger partial charge is 0.363 e. The van der Waals surface area contributed by atoms with Gasteiger partial charge in [0.25, 0.3) is 5.91 Å². The average Bonchev–Trinajstić information content (AvgIpc) is 2.47. The molecule has 1 aromatic heterocycles. The Morgan fingerprint density at radius 2 is 2.05 bits per heavy atom. The Morgan fingerprint density at radius 3 is 2.65 bits per heavy atom. The van der Waals surface area contributed by atoms with E-state index in [2.05, 4.69) is 10.3 Å². The molecule has 104 valence electrons. The van der Waals surface area contributed by atoms with Gasteiger partial charge in [0.1, 0.15) is 5.82 Å². The van der Waals surface area contributed by atoms with Gasteiger partial charge in [0.2, 0.25) is 0 Å². The molecule has 2 rings (SSSR count). The van der Waals surface area contributed by atoms with Crippen LogP contribution in [0.15, 0.2) is 47.5 Å². The number of carbonyl (C=O) groups excluding carboxylic acids is 1. The summed E-state index contributed by atoms with van der Waals surface area (Å²) in [6, 6.07) is 11.4. The SMILES string of the molecule is CSc1cccc(NC(=O)c2ccc(N(C)C)nc2)c1. The molecule has 1 aromatic carbocycles. The van der Waals surface area contributed by atoms with E-state index in [4.69, 9.17) is 0 Å². The molecule has 1 amide bonds. The molecular weight excluding hydrogens is 270 g/mol. The molecule has 1 heterocycles. The van der Waals surface area contributed by atoms with Crippen molar-refractivity contribution in [2.24, 2.45) is 0 Å². The van der Waals surface area contributed by atoms with Gasteiger partial charge in [0, 0.05) is 30.9 Å². The molecule has 0 aliphatic rings. The Balaban J connectivity index is 2.11. The van der Waals surface area contributed by atoms with Crippen LogP contribution < -0.4 is 10.2 Å². The highest BCUT2D eigenvalue weighted by atomic mass is 32.2. The highest BCUT2D eigenvalue weighted by molar-refractivity contribution is 7.98. The van der Waals surface area contributed by atoms with Gasteiger partial charge < -0.3 is 10.2 Å². The molecule has 1 N–H and O–H groups in total. The Bertz CT molecular complexity index is 596. The normalized spacial score (nSPS) is 10.2. The van der Waals surface area contributed by atoms with E-state index in [1.165, 1.54) is 0 Å². The van der Waals surface area contributed by atoms with Crippen molar-refractivity contribution in [3.05, 3.63) is 48.2 Å². The first-order valence-corrected chi connectivity index (χ1v) is 7.41. The molecule has 0 saturated carbocycles. The number of amides is 1. The van der Waals surface area contributed by atoms with Crippen LogP contribution in [0, 0.1) is 0 Å². The number of carbonyl (C=O) groups is 1. The molecule has 0 spiro atoms. The van der Waals surface area contributed by atoms with Gasteiger partial charge in [-0.1, -0.05) is 6.07 Å². The van der Waals surface area contributed by atoms with E-state index < -0.39 is 0 Å². The molecule has 0 aliphatic heterocycles. The number of hydrogen-bond donors (Lipinski definition) is 1. The lowest BCUT2D eigenvalue weighted by Crippen LogP contribution is -2.14. The number of thioether (sulfide) groups is 1. The van der Waals surface area contributed by atoms with Crippen LogP contribution in [0.25, 0.3) is 0 Å². The molecule has 0 atom stereocenters. The first-order chi connectivity index (χ1) is 9.60. The fraction of sp³-hybridized carbons (Fsp3) is 0.200. The molecular formula is C15H17N3OS. The number of nitrogens with zero attached hydrogens (tertiary/aromatic N) is 2. The Labute approximate surface area is 123 Å². The highest BCUT2D eigenvalue weighted by Crippen LogP contribution is 2.19. The maximum atomic E-state index is 12.1. The molecule has 0 fully saturated rings. The van der Waals surface area contributed by atoms with E-state index in [1.54, 1.807) is 24.0 Å². The Kier molecular flexibility index (Phi) is 4.63. The van der Waals surface area contributed by atoms with Crippen molar-refractivity contribution < 1.29 is 4.79 Å². The van der Waals surface area contributed by atoms with Gasteiger partial charge in [-0.15, -0.1) is 11.8 Å². The quantitative estimate of drug-likeness (QED) is 0.878. The van der Waals surface area contributed by atoms with Crippen LogP contribution >= 0.6 is 11.8 Å². The van der Waals surface area contributed by atoms with E-state index in [0.717, 1.165) is 16.4 Å². The summed E-state index contributed by atoms with van der Waals surface area (Å²) in [7, 11) is 3.83. The summed E-state index contributed by atoms with van der Waals surface area (Å²) in [5.74, 6) is 0.673. The second-order valence-electron chi connectivity index (χ2n) is 4.49. The van der Waals surface area contributed by atoms with Crippen LogP contribution in [0.4, 0.5) is 11.5 Å². The summed E-state index contributed by atoms with van der Waals surface area (Å²) in [5, 5.41) is 2.88. The highest BCUT2D eigenvalue weighted by Gasteiger charge is 2.07. The van der Waals surface area contributed by atoms with Gasteiger partial charge in [-0.3, -0.25) is 4.79 Å². The first-order valence-electron chi connectivity index (χ1n) is 6.19. The maximum Gasteiger partial charge on any atom is 0.257 e. The van der Waals surface area contributed by atoms with Crippen molar-refractivity contribution in [3.8, 4) is 0 Å². The van der Waals surface area contributed by atoms with Crippen molar-refractivity contribution in [2.75, 3.05) is 30.6 Å². The van der Waals surface area contributed by atoms with Crippen LogP contribution in [-0.2, 0) is 0 Å². The summed E-state index contributed by atoms with van der Waals surface area (Å²) in [5.41, 5.74) is 1.34.